The van der Waals surface area contributed by atoms with E-state index in [4.69, 9.17) is 4.74 Å². The number of hydrogen-bond acceptors (Lipinski definition) is 3. The lowest BCUT2D eigenvalue weighted by Gasteiger charge is -2.32. The predicted octanol–water partition coefficient (Wildman–Crippen LogP) is 6.10. The SMILES string of the molecule is C=C/C=C/CCC(C)/C(CC)=C(/OCC)C(C)(C)S(=O)(=O)c1ccccc1. The summed E-state index contributed by atoms with van der Waals surface area (Å²) >= 11 is 0. The molecule has 0 N–H and O–H groups in total. The average molecular weight is 391 g/mol. The number of ether oxygens (including phenoxy) is 1. The highest BCUT2D eigenvalue weighted by Gasteiger charge is 2.42. The van der Waals surface area contributed by atoms with Gasteiger partial charge in [-0.25, -0.2) is 8.42 Å². The van der Waals surface area contributed by atoms with Crippen molar-refractivity contribution >= 4 is 9.84 Å². The number of hydrogen-bond donors (Lipinski definition) is 0. The lowest BCUT2D eigenvalue weighted by atomic mass is 9.89. The fraction of sp³-hybridized carbons (Fsp3) is 0.478. The first kappa shape index (κ1) is 23.2. The van der Waals surface area contributed by atoms with E-state index in [1.807, 2.05) is 19.1 Å². The van der Waals surface area contributed by atoms with Gasteiger partial charge in [0, 0.05) is 0 Å². The molecule has 1 aromatic carbocycles. The monoisotopic (exact) mass is 390 g/mol. The molecule has 0 bridgehead atoms. The summed E-state index contributed by atoms with van der Waals surface area (Å²) in [6.45, 7) is 13.7. The molecular formula is C23H34O3S. The lowest BCUT2D eigenvalue weighted by Crippen LogP contribution is -2.37. The zero-order valence-electron chi connectivity index (χ0n) is 17.4. The maximum atomic E-state index is 13.4. The summed E-state index contributed by atoms with van der Waals surface area (Å²) in [4.78, 5) is 0.323. The van der Waals surface area contributed by atoms with Crippen LogP contribution in [-0.2, 0) is 14.6 Å². The molecule has 0 saturated carbocycles. The van der Waals surface area contributed by atoms with Crippen LogP contribution in [0.1, 0.15) is 53.9 Å². The zero-order chi connectivity index (χ0) is 20.5. The molecule has 0 aliphatic carbocycles. The summed E-state index contributed by atoms with van der Waals surface area (Å²) in [7, 11) is -3.59. The van der Waals surface area contributed by atoms with Crippen molar-refractivity contribution in [2.24, 2.45) is 5.92 Å². The summed E-state index contributed by atoms with van der Waals surface area (Å²) in [5.74, 6) is 0.827. The molecule has 1 aromatic rings. The van der Waals surface area contributed by atoms with E-state index in [9.17, 15) is 8.42 Å². The maximum Gasteiger partial charge on any atom is 0.190 e. The van der Waals surface area contributed by atoms with Gasteiger partial charge in [-0.05, 0) is 63.7 Å². The first-order chi connectivity index (χ1) is 12.7. The van der Waals surface area contributed by atoms with Crippen LogP contribution in [0.5, 0.6) is 0 Å². The summed E-state index contributed by atoms with van der Waals surface area (Å²) < 4.78 is 31.6. The Hall–Kier alpha value is -1.81. The Bertz CT molecular complexity index is 756. The topological polar surface area (TPSA) is 43.4 Å². The van der Waals surface area contributed by atoms with E-state index in [1.165, 1.54) is 0 Å². The van der Waals surface area contributed by atoms with Gasteiger partial charge in [0.15, 0.2) is 9.84 Å². The Morgan fingerprint density at radius 1 is 1.22 bits per heavy atom. The molecule has 150 valence electrons. The van der Waals surface area contributed by atoms with Gasteiger partial charge in [-0.1, -0.05) is 56.9 Å². The largest absolute Gasteiger partial charge is 0.497 e. The van der Waals surface area contributed by atoms with Crippen LogP contribution in [0.15, 0.2) is 71.4 Å². The molecule has 1 atom stereocenters. The van der Waals surface area contributed by atoms with Crippen LogP contribution in [0, 0.1) is 5.92 Å². The third-order valence-electron chi connectivity index (χ3n) is 4.87. The zero-order valence-corrected chi connectivity index (χ0v) is 18.2. The van der Waals surface area contributed by atoms with E-state index in [0.717, 1.165) is 24.8 Å². The van der Waals surface area contributed by atoms with E-state index < -0.39 is 14.6 Å². The highest BCUT2D eigenvalue weighted by molar-refractivity contribution is 7.93. The van der Waals surface area contributed by atoms with E-state index in [0.29, 0.717) is 17.3 Å². The molecule has 27 heavy (non-hydrogen) atoms. The lowest BCUT2D eigenvalue weighted by molar-refractivity contribution is 0.196. The van der Waals surface area contributed by atoms with E-state index in [1.54, 1.807) is 44.2 Å². The maximum absolute atomic E-state index is 13.4. The van der Waals surface area contributed by atoms with Crippen LogP contribution in [0.25, 0.3) is 0 Å². The normalized spacial score (nSPS) is 14.7. The Labute approximate surface area is 165 Å². The van der Waals surface area contributed by atoms with Crippen molar-refractivity contribution in [1.29, 1.82) is 0 Å². The molecular weight excluding hydrogens is 356 g/mol. The van der Waals surface area contributed by atoms with Crippen LogP contribution in [0.4, 0.5) is 0 Å². The average Bonchev–Trinajstić information content (AvgIpc) is 2.65. The Kier molecular flexibility index (Phi) is 9.04. The molecule has 4 heteroatoms. The molecule has 0 aliphatic heterocycles. The smallest absolute Gasteiger partial charge is 0.190 e. The summed E-state index contributed by atoms with van der Waals surface area (Å²) in [5.41, 5.74) is 1.08. The van der Waals surface area contributed by atoms with Crippen molar-refractivity contribution in [3.63, 3.8) is 0 Å². The van der Waals surface area contributed by atoms with Gasteiger partial charge in [0.1, 0.15) is 10.5 Å². The Balaban J connectivity index is 3.38. The molecule has 3 nitrogen and oxygen atoms in total. The molecule has 1 rings (SSSR count). The van der Waals surface area contributed by atoms with Gasteiger partial charge in [-0.3, -0.25) is 0 Å². The van der Waals surface area contributed by atoms with Gasteiger partial charge in [0.25, 0.3) is 0 Å². The minimum Gasteiger partial charge on any atom is -0.497 e. The molecule has 0 amide bonds. The van der Waals surface area contributed by atoms with Crippen LogP contribution >= 0.6 is 0 Å². The van der Waals surface area contributed by atoms with Gasteiger partial charge < -0.3 is 4.74 Å². The summed E-state index contributed by atoms with van der Waals surface area (Å²) in [5, 5.41) is 0. The summed E-state index contributed by atoms with van der Waals surface area (Å²) in [6.07, 6.45) is 8.41. The second-order valence-electron chi connectivity index (χ2n) is 7.11. The fourth-order valence-electron chi connectivity index (χ4n) is 3.26. The standard InChI is InChI=1S/C23H34O3S/c1-7-10-11-13-16-19(4)21(8-2)22(26-9-3)23(5,6)27(24,25)20-17-14-12-15-18-20/h7,10-12,14-15,17-19H,1,8-9,13,16H2,2-6H3/b11-10+,22-21+. The van der Waals surface area contributed by atoms with Gasteiger partial charge >= 0.3 is 0 Å². The van der Waals surface area contributed by atoms with Crippen LogP contribution in [0.2, 0.25) is 0 Å². The highest BCUT2D eigenvalue weighted by atomic mass is 32.2. The second kappa shape index (κ2) is 10.5. The number of allylic oxidation sites excluding steroid dienone is 4. The van der Waals surface area contributed by atoms with Crippen molar-refractivity contribution in [2.75, 3.05) is 6.61 Å². The molecule has 0 aliphatic rings. The van der Waals surface area contributed by atoms with Crippen molar-refractivity contribution in [3.8, 4) is 0 Å². The molecule has 0 heterocycles. The minimum absolute atomic E-state index is 0.233. The first-order valence-corrected chi connectivity index (χ1v) is 11.2. The van der Waals surface area contributed by atoms with Crippen LogP contribution < -0.4 is 0 Å². The highest BCUT2D eigenvalue weighted by Crippen LogP contribution is 2.38. The molecule has 0 spiro atoms. The molecule has 0 fully saturated rings. The number of rotatable bonds is 11. The van der Waals surface area contributed by atoms with Crippen molar-refractivity contribution < 1.29 is 13.2 Å². The predicted molar refractivity (Wildman–Crippen MR) is 114 cm³/mol. The Morgan fingerprint density at radius 3 is 2.37 bits per heavy atom. The van der Waals surface area contributed by atoms with Crippen molar-refractivity contribution in [3.05, 3.63) is 66.5 Å². The fourth-order valence-corrected chi connectivity index (χ4v) is 4.80. The van der Waals surface area contributed by atoms with E-state index in [-0.39, 0.29) is 5.92 Å². The number of sulfone groups is 1. The van der Waals surface area contributed by atoms with Crippen LogP contribution in [-0.4, -0.2) is 19.8 Å². The van der Waals surface area contributed by atoms with Crippen molar-refractivity contribution in [1.82, 2.24) is 0 Å². The van der Waals surface area contributed by atoms with E-state index >= 15 is 0 Å². The number of benzene rings is 1. The molecule has 0 saturated heterocycles. The quantitative estimate of drug-likeness (QED) is 0.339. The second-order valence-corrected chi connectivity index (χ2v) is 9.61. The van der Waals surface area contributed by atoms with Crippen molar-refractivity contribution in [2.45, 2.75) is 63.5 Å². The van der Waals surface area contributed by atoms with Gasteiger partial charge in [-0.15, -0.1) is 0 Å². The minimum atomic E-state index is -3.59. The van der Waals surface area contributed by atoms with E-state index in [2.05, 4.69) is 26.5 Å². The van der Waals surface area contributed by atoms with Gasteiger partial charge in [-0.2, -0.15) is 0 Å². The molecule has 0 aromatic heterocycles. The van der Waals surface area contributed by atoms with Gasteiger partial charge in [0.2, 0.25) is 0 Å². The van der Waals surface area contributed by atoms with Gasteiger partial charge in [0.05, 0.1) is 11.5 Å². The third-order valence-corrected chi connectivity index (χ3v) is 7.29. The van der Waals surface area contributed by atoms with Crippen LogP contribution in [0.3, 0.4) is 0 Å². The molecule has 0 radical (unpaired) electrons. The third kappa shape index (κ3) is 5.58. The Morgan fingerprint density at radius 2 is 1.85 bits per heavy atom. The molecule has 1 unspecified atom stereocenters. The summed E-state index contributed by atoms with van der Waals surface area (Å²) in [6, 6.07) is 8.62. The first-order valence-electron chi connectivity index (χ1n) is 9.67.